The predicted octanol–water partition coefficient (Wildman–Crippen LogP) is 4.23. The normalized spacial score (nSPS) is 12.3. The van der Waals surface area contributed by atoms with Crippen LogP contribution in [-0.2, 0) is 0 Å². The van der Waals surface area contributed by atoms with E-state index in [9.17, 15) is 4.79 Å². The molecule has 3 rings (SSSR count). The molecule has 0 aliphatic carbocycles. The topological polar surface area (TPSA) is 58.6 Å². The van der Waals surface area contributed by atoms with E-state index in [2.05, 4.69) is 5.32 Å². The van der Waals surface area contributed by atoms with Gasteiger partial charge in [0.2, 0.25) is 0 Å². The monoisotopic (exact) mass is 358 g/mol. The van der Waals surface area contributed by atoms with Gasteiger partial charge in [-0.2, -0.15) is 0 Å². The molecule has 0 unspecified atom stereocenters. The van der Waals surface area contributed by atoms with Crippen molar-refractivity contribution in [3.05, 3.63) is 71.3 Å². The zero-order valence-electron chi connectivity index (χ0n) is 14.0. The molecule has 130 valence electrons. The standard InChI is InChI=1S/C19H19ClN2O3/c1-22(2)15(17-8-5-11-24-17)12-21-19(23)18-10-9-16(25-18)13-6-3-4-7-14(13)20/h3-11,15H,12H2,1-2H3,(H,21,23)/t15-/m0/s1. The van der Waals surface area contributed by atoms with Gasteiger partial charge in [-0.1, -0.05) is 23.7 Å². The average Bonchev–Trinajstić information content (AvgIpc) is 3.27. The molecule has 0 radical (unpaired) electrons. The molecule has 0 saturated carbocycles. The van der Waals surface area contributed by atoms with Gasteiger partial charge >= 0.3 is 0 Å². The van der Waals surface area contributed by atoms with Gasteiger partial charge in [0.15, 0.2) is 5.76 Å². The van der Waals surface area contributed by atoms with E-state index in [1.54, 1.807) is 24.5 Å². The maximum Gasteiger partial charge on any atom is 0.287 e. The third kappa shape index (κ3) is 3.95. The fourth-order valence-corrected chi connectivity index (χ4v) is 2.79. The number of amides is 1. The van der Waals surface area contributed by atoms with Crippen LogP contribution < -0.4 is 5.32 Å². The van der Waals surface area contributed by atoms with Crippen molar-refractivity contribution in [2.75, 3.05) is 20.6 Å². The summed E-state index contributed by atoms with van der Waals surface area (Å²) in [6.07, 6.45) is 1.62. The number of likely N-dealkylation sites (N-methyl/N-ethyl adjacent to an activating group) is 1. The Hall–Kier alpha value is -2.50. The van der Waals surface area contributed by atoms with Crippen molar-refractivity contribution < 1.29 is 13.6 Å². The summed E-state index contributed by atoms with van der Waals surface area (Å²) in [6, 6.07) is 14.4. The van der Waals surface area contributed by atoms with Crippen molar-refractivity contribution in [3.63, 3.8) is 0 Å². The minimum atomic E-state index is -0.281. The number of nitrogens with one attached hydrogen (secondary N) is 1. The lowest BCUT2D eigenvalue weighted by Gasteiger charge is -2.22. The molecular formula is C19H19ClN2O3. The fourth-order valence-electron chi connectivity index (χ4n) is 2.56. The van der Waals surface area contributed by atoms with Crippen molar-refractivity contribution >= 4 is 17.5 Å². The van der Waals surface area contributed by atoms with Gasteiger partial charge in [0.05, 0.1) is 17.3 Å². The Morgan fingerprint density at radius 1 is 1.16 bits per heavy atom. The smallest absolute Gasteiger partial charge is 0.287 e. The third-order valence-electron chi connectivity index (χ3n) is 3.92. The first-order valence-electron chi connectivity index (χ1n) is 7.89. The van der Waals surface area contributed by atoms with Gasteiger partial charge in [0.1, 0.15) is 11.5 Å². The quantitative estimate of drug-likeness (QED) is 0.716. The van der Waals surface area contributed by atoms with Crippen molar-refractivity contribution in [3.8, 4) is 11.3 Å². The lowest BCUT2D eigenvalue weighted by atomic mass is 10.2. The number of halogens is 1. The van der Waals surface area contributed by atoms with E-state index in [0.29, 0.717) is 17.3 Å². The molecule has 1 aromatic carbocycles. The Morgan fingerprint density at radius 3 is 2.64 bits per heavy atom. The number of nitrogens with zero attached hydrogens (tertiary/aromatic N) is 1. The molecule has 0 spiro atoms. The van der Waals surface area contributed by atoms with Crippen LogP contribution in [0.15, 0.2) is 63.6 Å². The first-order valence-corrected chi connectivity index (χ1v) is 8.27. The maximum atomic E-state index is 12.4. The molecule has 3 aromatic rings. The molecule has 2 aromatic heterocycles. The lowest BCUT2D eigenvalue weighted by molar-refractivity contribution is 0.0912. The van der Waals surface area contributed by atoms with Crippen LogP contribution in [0.4, 0.5) is 0 Å². The Morgan fingerprint density at radius 2 is 1.96 bits per heavy atom. The molecule has 0 aliphatic rings. The molecule has 0 bridgehead atoms. The SMILES string of the molecule is CN(C)[C@@H](CNC(=O)c1ccc(-c2ccccc2Cl)o1)c1ccco1. The van der Waals surface area contributed by atoms with Crippen LogP contribution in [0.1, 0.15) is 22.4 Å². The molecule has 0 fully saturated rings. The first-order chi connectivity index (χ1) is 12.1. The number of carbonyl (C=O) groups is 1. The van der Waals surface area contributed by atoms with Crippen molar-refractivity contribution in [1.29, 1.82) is 0 Å². The van der Waals surface area contributed by atoms with Crippen LogP contribution >= 0.6 is 11.6 Å². The summed E-state index contributed by atoms with van der Waals surface area (Å²) in [7, 11) is 3.86. The van der Waals surface area contributed by atoms with E-state index in [0.717, 1.165) is 11.3 Å². The zero-order chi connectivity index (χ0) is 17.8. The van der Waals surface area contributed by atoms with Crippen LogP contribution in [-0.4, -0.2) is 31.4 Å². The molecule has 2 heterocycles. The van der Waals surface area contributed by atoms with Gasteiger partial charge in [0.25, 0.3) is 5.91 Å². The Labute approximate surface area is 151 Å². The summed E-state index contributed by atoms with van der Waals surface area (Å²) in [5.74, 6) is 1.32. The molecule has 5 nitrogen and oxygen atoms in total. The summed E-state index contributed by atoms with van der Waals surface area (Å²) < 4.78 is 11.1. The highest BCUT2D eigenvalue weighted by molar-refractivity contribution is 6.33. The maximum absolute atomic E-state index is 12.4. The second-order valence-corrected chi connectivity index (χ2v) is 6.26. The molecule has 1 atom stereocenters. The summed E-state index contributed by atoms with van der Waals surface area (Å²) in [6.45, 7) is 0.404. The van der Waals surface area contributed by atoms with Crippen molar-refractivity contribution in [2.24, 2.45) is 0 Å². The second kappa shape index (κ2) is 7.59. The molecule has 1 amide bonds. The number of hydrogen-bond donors (Lipinski definition) is 1. The number of carbonyl (C=O) groups excluding carboxylic acids is 1. The third-order valence-corrected chi connectivity index (χ3v) is 4.25. The van der Waals surface area contributed by atoms with Gasteiger partial charge in [-0.15, -0.1) is 0 Å². The van der Waals surface area contributed by atoms with Crippen LogP contribution in [0, 0.1) is 0 Å². The molecule has 6 heteroatoms. The minimum absolute atomic E-state index is 0.0584. The minimum Gasteiger partial charge on any atom is -0.468 e. The number of rotatable bonds is 6. The summed E-state index contributed by atoms with van der Waals surface area (Å²) in [4.78, 5) is 14.4. The summed E-state index contributed by atoms with van der Waals surface area (Å²) in [5, 5.41) is 3.46. The molecule has 0 aliphatic heterocycles. The Bertz CT molecular complexity index is 840. The van der Waals surface area contributed by atoms with Crippen LogP contribution in [0.25, 0.3) is 11.3 Å². The van der Waals surface area contributed by atoms with Gasteiger partial charge in [-0.3, -0.25) is 9.69 Å². The van der Waals surface area contributed by atoms with E-state index < -0.39 is 0 Å². The first kappa shape index (κ1) is 17.3. The number of furan rings is 2. The van der Waals surface area contributed by atoms with Crippen LogP contribution in [0.5, 0.6) is 0 Å². The highest BCUT2D eigenvalue weighted by Crippen LogP contribution is 2.29. The molecule has 1 N–H and O–H groups in total. The molecule has 0 saturated heterocycles. The fraction of sp³-hybridized carbons (Fsp3) is 0.211. The summed E-state index contributed by atoms with van der Waals surface area (Å²) >= 11 is 6.17. The van der Waals surface area contributed by atoms with Gasteiger partial charge in [-0.25, -0.2) is 0 Å². The Kier molecular flexibility index (Phi) is 5.26. The Balaban J connectivity index is 1.69. The number of benzene rings is 1. The van der Waals surface area contributed by atoms with Gasteiger partial charge < -0.3 is 14.2 Å². The van der Waals surface area contributed by atoms with E-state index in [-0.39, 0.29) is 17.7 Å². The predicted molar refractivity (Wildman–Crippen MR) is 96.6 cm³/mol. The van der Waals surface area contributed by atoms with E-state index in [1.165, 1.54) is 0 Å². The second-order valence-electron chi connectivity index (χ2n) is 5.85. The lowest BCUT2D eigenvalue weighted by Crippen LogP contribution is -2.34. The molecular weight excluding hydrogens is 340 g/mol. The average molecular weight is 359 g/mol. The van der Waals surface area contributed by atoms with E-state index >= 15 is 0 Å². The van der Waals surface area contributed by atoms with E-state index in [4.69, 9.17) is 20.4 Å². The highest BCUT2D eigenvalue weighted by Gasteiger charge is 2.20. The van der Waals surface area contributed by atoms with Gasteiger partial charge in [0, 0.05) is 12.1 Å². The van der Waals surface area contributed by atoms with Gasteiger partial charge in [-0.05, 0) is 50.5 Å². The zero-order valence-corrected chi connectivity index (χ0v) is 14.8. The largest absolute Gasteiger partial charge is 0.468 e. The highest BCUT2D eigenvalue weighted by atomic mass is 35.5. The van der Waals surface area contributed by atoms with E-state index in [1.807, 2.05) is 49.3 Å². The van der Waals surface area contributed by atoms with Crippen LogP contribution in [0.3, 0.4) is 0 Å². The number of hydrogen-bond acceptors (Lipinski definition) is 4. The van der Waals surface area contributed by atoms with Crippen molar-refractivity contribution in [2.45, 2.75) is 6.04 Å². The summed E-state index contributed by atoms with van der Waals surface area (Å²) in [5.41, 5.74) is 0.755. The van der Waals surface area contributed by atoms with Crippen molar-refractivity contribution in [1.82, 2.24) is 10.2 Å². The molecule has 25 heavy (non-hydrogen) atoms. The van der Waals surface area contributed by atoms with Crippen LogP contribution in [0.2, 0.25) is 5.02 Å².